The van der Waals surface area contributed by atoms with Crippen molar-refractivity contribution < 1.29 is 61.3 Å². The van der Waals surface area contributed by atoms with Crippen LogP contribution in [0.25, 0.3) is 0 Å². The van der Waals surface area contributed by atoms with Crippen molar-refractivity contribution >= 4 is 0 Å². The smallest absolute Gasteiger partial charge is 0.187 e. The van der Waals surface area contributed by atoms with Gasteiger partial charge in [0.1, 0.15) is 36.6 Å². The van der Waals surface area contributed by atoms with Crippen LogP contribution in [0.2, 0.25) is 0 Å². The van der Waals surface area contributed by atoms with Gasteiger partial charge in [-0.3, -0.25) is 0 Å². The van der Waals surface area contributed by atoms with Crippen molar-refractivity contribution in [3.05, 3.63) is 0 Å². The summed E-state index contributed by atoms with van der Waals surface area (Å²) >= 11 is 0. The zero-order chi connectivity index (χ0) is 17.3. The van der Waals surface area contributed by atoms with Crippen LogP contribution < -0.4 is 0 Å². The summed E-state index contributed by atoms with van der Waals surface area (Å²) in [5, 5.41) is 77.1. The molecular formula is C13H28O12. The summed E-state index contributed by atoms with van der Waals surface area (Å²) in [5.41, 5.74) is 0. The van der Waals surface area contributed by atoms with Crippen LogP contribution >= 0.6 is 0 Å². The van der Waals surface area contributed by atoms with E-state index < -0.39 is 74.3 Å². The Kier molecular flexibility index (Phi) is 9.82. The lowest BCUT2D eigenvalue weighted by Gasteiger charge is -2.44. The van der Waals surface area contributed by atoms with Crippen LogP contribution in [0, 0.1) is 5.92 Å². The summed E-state index contributed by atoms with van der Waals surface area (Å²) in [6.45, 7) is -1.07. The maximum absolute atomic E-state index is 9.96. The van der Waals surface area contributed by atoms with E-state index in [9.17, 15) is 35.7 Å². The van der Waals surface area contributed by atoms with Crippen LogP contribution in [-0.2, 0) is 9.47 Å². The number of ether oxygens (including phenoxy) is 2. The Morgan fingerprint density at radius 1 is 0.720 bits per heavy atom. The highest BCUT2D eigenvalue weighted by Crippen LogP contribution is 2.31. The van der Waals surface area contributed by atoms with Gasteiger partial charge in [0.05, 0.1) is 18.8 Å². The Morgan fingerprint density at radius 2 is 1.28 bits per heavy atom. The molecule has 0 aromatic carbocycles. The molecule has 0 bridgehead atoms. The molecule has 152 valence electrons. The Labute approximate surface area is 143 Å². The average Bonchev–Trinajstić information content (AvgIpc) is 2.55. The lowest BCUT2D eigenvalue weighted by atomic mass is 9.81. The largest absolute Gasteiger partial charge is 0.412 e. The predicted molar refractivity (Wildman–Crippen MR) is 79.1 cm³/mol. The molecule has 2 rings (SSSR count). The Morgan fingerprint density at radius 3 is 1.80 bits per heavy atom. The third kappa shape index (κ3) is 4.82. The van der Waals surface area contributed by atoms with E-state index in [1.54, 1.807) is 0 Å². The molecule has 2 fully saturated rings. The second kappa shape index (κ2) is 10.0. The quantitative estimate of drug-likeness (QED) is 0.230. The predicted octanol–water partition coefficient (Wildman–Crippen LogP) is -6.38. The standard InChI is InChI=1S/C13H24O10.2H2O/c14-2-4-1-5(8(17)10(19)7(4)16)22-13-12(21)11(20)9(18)6(3-15)23-13;;/h4-21H,1-3H2;2*1H2/t4-,5+,6-,7-,8+,9-,10+,11+,12-,13+;;/m1../s1. The second-order valence-electron chi connectivity index (χ2n) is 6.02. The molecule has 1 aliphatic heterocycles. The van der Waals surface area contributed by atoms with Gasteiger partial charge < -0.3 is 61.3 Å². The summed E-state index contributed by atoms with van der Waals surface area (Å²) in [6.07, 6.45) is -12.9. The highest BCUT2D eigenvalue weighted by molar-refractivity contribution is 4.95. The van der Waals surface area contributed by atoms with E-state index in [0.29, 0.717) is 0 Å². The first-order valence-corrected chi connectivity index (χ1v) is 7.42. The Balaban J connectivity index is 0.00000288. The van der Waals surface area contributed by atoms with Crippen molar-refractivity contribution in [2.75, 3.05) is 13.2 Å². The third-order valence-electron chi connectivity index (χ3n) is 4.49. The van der Waals surface area contributed by atoms with E-state index in [0.717, 1.165) is 0 Å². The molecule has 25 heavy (non-hydrogen) atoms. The first-order valence-electron chi connectivity index (χ1n) is 7.42. The molecule has 12 N–H and O–H groups in total. The third-order valence-corrected chi connectivity index (χ3v) is 4.49. The lowest BCUT2D eigenvalue weighted by molar-refractivity contribution is -0.326. The van der Waals surface area contributed by atoms with E-state index in [4.69, 9.17) is 14.6 Å². The van der Waals surface area contributed by atoms with E-state index in [2.05, 4.69) is 0 Å². The van der Waals surface area contributed by atoms with Gasteiger partial charge in [0.25, 0.3) is 0 Å². The Hall–Kier alpha value is -0.480. The molecule has 1 heterocycles. The van der Waals surface area contributed by atoms with Gasteiger partial charge in [-0.15, -0.1) is 0 Å². The maximum atomic E-state index is 9.96. The van der Waals surface area contributed by atoms with Crippen LogP contribution in [0.1, 0.15) is 6.42 Å². The van der Waals surface area contributed by atoms with Crippen molar-refractivity contribution in [1.29, 1.82) is 0 Å². The summed E-state index contributed by atoms with van der Waals surface area (Å²) in [7, 11) is 0. The molecule has 0 aromatic rings. The molecule has 0 radical (unpaired) electrons. The van der Waals surface area contributed by atoms with Crippen molar-refractivity contribution in [2.24, 2.45) is 5.92 Å². The zero-order valence-electron chi connectivity index (χ0n) is 13.3. The van der Waals surface area contributed by atoms with E-state index in [1.807, 2.05) is 0 Å². The summed E-state index contributed by atoms with van der Waals surface area (Å²) in [6, 6.07) is 0. The van der Waals surface area contributed by atoms with E-state index in [1.165, 1.54) is 0 Å². The fourth-order valence-corrected chi connectivity index (χ4v) is 2.95. The highest BCUT2D eigenvalue weighted by atomic mass is 16.7. The molecule has 12 nitrogen and oxygen atoms in total. The van der Waals surface area contributed by atoms with E-state index in [-0.39, 0.29) is 17.4 Å². The maximum Gasteiger partial charge on any atom is 0.187 e. The van der Waals surface area contributed by atoms with Gasteiger partial charge in [0, 0.05) is 12.5 Å². The van der Waals surface area contributed by atoms with Crippen LogP contribution in [0.3, 0.4) is 0 Å². The molecule has 0 aromatic heterocycles. The normalized spacial score (nSPS) is 47.5. The highest BCUT2D eigenvalue weighted by Gasteiger charge is 2.48. The summed E-state index contributed by atoms with van der Waals surface area (Å²) < 4.78 is 10.5. The minimum absolute atomic E-state index is 0. The molecule has 1 saturated heterocycles. The number of hydrogen-bond acceptors (Lipinski definition) is 10. The molecule has 0 unspecified atom stereocenters. The SMILES string of the molecule is O.O.OC[C@H]1C[C@H](O[C@H]2O[C@H](CO)[C@@H](O)[C@H](O)[C@H]2O)[C@H](O)[C@@H](O)[C@@H]1O. The van der Waals surface area contributed by atoms with Gasteiger partial charge in [-0.25, -0.2) is 0 Å². The van der Waals surface area contributed by atoms with Gasteiger partial charge in [-0.1, -0.05) is 0 Å². The van der Waals surface area contributed by atoms with Crippen molar-refractivity contribution in [3.63, 3.8) is 0 Å². The lowest BCUT2D eigenvalue weighted by Crippen LogP contribution is -2.62. The monoisotopic (exact) mass is 376 g/mol. The first-order chi connectivity index (χ1) is 10.8. The Bertz CT molecular complexity index is 346. The topological polar surface area (TPSA) is 243 Å². The van der Waals surface area contributed by atoms with Crippen molar-refractivity contribution in [1.82, 2.24) is 0 Å². The van der Waals surface area contributed by atoms with E-state index >= 15 is 0 Å². The minimum atomic E-state index is -1.64. The second-order valence-corrected chi connectivity index (χ2v) is 6.02. The molecule has 0 spiro atoms. The molecule has 1 saturated carbocycles. The van der Waals surface area contributed by atoms with Crippen molar-refractivity contribution in [2.45, 2.75) is 61.5 Å². The molecule has 2 aliphatic rings. The molecule has 12 heteroatoms. The van der Waals surface area contributed by atoms with Gasteiger partial charge in [-0.2, -0.15) is 0 Å². The number of aliphatic hydroxyl groups excluding tert-OH is 8. The van der Waals surface area contributed by atoms with Gasteiger partial charge in [0.15, 0.2) is 6.29 Å². The minimum Gasteiger partial charge on any atom is -0.412 e. The molecule has 0 amide bonds. The summed E-state index contributed by atoms with van der Waals surface area (Å²) in [5.74, 6) is -0.747. The van der Waals surface area contributed by atoms with Crippen LogP contribution in [0.15, 0.2) is 0 Å². The number of rotatable bonds is 4. The van der Waals surface area contributed by atoms with Gasteiger partial charge in [0.2, 0.25) is 0 Å². The number of hydrogen-bond donors (Lipinski definition) is 8. The molecular weight excluding hydrogens is 348 g/mol. The van der Waals surface area contributed by atoms with Crippen LogP contribution in [0.5, 0.6) is 0 Å². The average molecular weight is 376 g/mol. The summed E-state index contributed by atoms with van der Waals surface area (Å²) in [4.78, 5) is 0. The molecule has 10 atom stereocenters. The fraction of sp³-hybridized carbons (Fsp3) is 1.00. The number of aliphatic hydroxyl groups is 8. The molecule has 1 aliphatic carbocycles. The zero-order valence-corrected chi connectivity index (χ0v) is 13.3. The van der Waals surface area contributed by atoms with Crippen molar-refractivity contribution in [3.8, 4) is 0 Å². The van der Waals surface area contributed by atoms with Crippen LogP contribution in [0.4, 0.5) is 0 Å². The van der Waals surface area contributed by atoms with Crippen LogP contribution in [-0.4, -0.2) is 120 Å². The fourth-order valence-electron chi connectivity index (χ4n) is 2.95. The first kappa shape index (κ1) is 24.5. The van der Waals surface area contributed by atoms with Gasteiger partial charge >= 0.3 is 0 Å². The van der Waals surface area contributed by atoms with Gasteiger partial charge in [-0.05, 0) is 6.42 Å².